The summed E-state index contributed by atoms with van der Waals surface area (Å²) < 4.78 is 29.5. The number of rotatable bonds is 0. The van der Waals surface area contributed by atoms with Crippen LogP contribution in [-0.4, -0.2) is 0 Å². The standard InChI is InChI=1S/C10H4.2Au/c1-3-9-5-7-10(4-2)8-6-9;;/h5-8H;;/q-2;2*+1/i5D,6D,7D,8D;;. The number of hydrogen-bond donors (Lipinski definition) is 0. The molecule has 2 heteroatoms. The summed E-state index contributed by atoms with van der Waals surface area (Å²) in [5, 5.41) is 0. The Morgan fingerprint density at radius 2 is 1.17 bits per heavy atom. The quantitative estimate of drug-likeness (QED) is 0.276. The molecule has 1 aromatic carbocycles. The van der Waals surface area contributed by atoms with Crippen molar-refractivity contribution in [2.45, 2.75) is 0 Å². The van der Waals surface area contributed by atoms with Crippen molar-refractivity contribution >= 4 is 0 Å². The molecule has 0 spiro atoms. The van der Waals surface area contributed by atoms with Gasteiger partial charge in [0.1, 0.15) is 0 Å². The zero-order valence-electron chi connectivity index (χ0n) is 9.60. The van der Waals surface area contributed by atoms with Crippen molar-refractivity contribution in [2.24, 2.45) is 0 Å². The summed E-state index contributed by atoms with van der Waals surface area (Å²) in [6.07, 6.45) is 13.6. The molecular formula is C10H4Au2. The Hall–Kier alpha value is -0.179. The molecule has 0 aliphatic carbocycles. The molecule has 0 unspecified atom stereocenters. The van der Waals surface area contributed by atoms with Crippen LogP contribution in [0.3, 0.4) is 0 Å². The third kappa shape index (κ3) is 4.00. The van der Waals surface area contributed by atoms with Crippen LogP contribution >= 0.6 is 0 Å². The fourth-order valence-corrected chi connectivity index (χ4v) is 0.438. The smallest absolute Gasteiger partial charge is 0.366 e. The normalized spacial score (nSPS) is 11.2. The number of hydrogen-bond acceptors (Lipinski definition) is 0. The average molecular weight is 522 g/mol. The minimum atomic E-state index is -0.365. The van der Waals surface area contributed by atoms with E-state index in [2.05, 4.69) is 0 Å². The zero-order chi connectivity index (χ0) is 10.9. The molecule has 0 aliphatic heterocycles. The van der Waals surface area contributed by atoms with Crippen LogP contribution in [0.15, 0.2) is 24.2 Å². The van der Waals surface area contributed by atoms with Crippen molar-refractivity contribution in [2.75, 3.05) is 0 Å². The molecule has 1 rings (SSSR count). The molecular weight excluding hydrogens is 514 g/mol. The van der Waals surface area contributed by atoms with Crippen LogP contribution in [0.5, 0.6) is 0 Å². The molecule has 66 valence electrons. The molecule has 12 heavy (non-hydrogen) atoms. The van der Waals surface area contributed by atoms with Gasteiger partial charge in [-0.05, 0) is 0 Å². The van der Waals surface area contributed by atoms with E-state index in [9.17, 15) is 0 Å². The van der Waals surface area contributed by atoms with Gasteiger partial charge in [-0.2, -0.15) is 0 Å². The third-order valence-corrected chi connectivity index (χ3v) is 0.875. The van der Waals surface area contributed by atoms with Gasteiger partial charge >= 0.3 is 44.8 Å². The molecule has 0 saturated heterocycles. The molecule has 0 aliphatic rings. The van der Waals surface area contributed by atoms with E-state index in [-0.39, 0.29) is 80.1 Å². The van der Waals surface area contributed by atoms with Crippen LogP contribution in [0.1, 0.15) is 16.6 Å². The Bertz CT molecular complexity index is 409. The van der Waals surface area contributed by atoms with E-state index in [1.54, 1.807) is 0 Å². The third-order valence-electron chi connectivity index (χ3n) is 0.875. The van der Waals surface area contributed by atoms with Crippen molar-refractivity contribution in [3.63, 3.8) is 0 Å². The molecule has 1 aromatic rings. The van der Waals surface area contributed by atoms with Crippen molar-refractivity contribution in [3.05, 3.63) is 48.1 Å². The van der Waals surface area contributed by atoms with Gasteiger partial charge in [0, 0.05) is 5.48 Å². The largest absolute Gasteiger partial charge is 1.00 e. The number of benzene rings is 1. The van der Waals surface area contributed by atoms with Gasteiger partial charge in [0.15, 0.2) is 0 Å². The Morgan fingerprint density at radius 1 is 0.917 bits per heavy atom. The summed E-state index contributed by atoms with van der Waals surface area (Å²) in [5.74, 6) is 3.68. The SMILES string of the molecule is [2H]c1c([2H])c(C#[C-])c([2H])c([2H])c1C#[C-].[Au+].[Au+]. The monoisotopic (exact) mass is 522 g/mol. The molecule has 0 bridgehead atoms. The van der Waals surface area contributed by atoms with Crippen LogP contribution in [0.2, 0.25) is 0 Å². The van der Waals surface area contributed by atoms with Crippen molar-refractivity contribution < 1.29 is 50.2 Å². The van der Waals surface area contributed by atoms with E-state index < -0.39 is 0 Å². The van der Waals surface area contributed by atoms with Gasteiger partial charge in [0.05, 0.1) is 0 Å². The minimum absolute atomic E-state index is 0. The fraction of sp³-hybridized carbons (Fsp3) is 0. The first-order valence-corrected chi connectivity index (χ1v) is 2.50. The van der Waals surface area contributed by atoms with Gasteiger partial charge in [0.25, 0.3) is 0 Å². The maximum Gasteiger partial charge on any atom is 1.00 e. The average Bonchev–Trinajstić information content (AvgIpc) is 2.17. The Kier molecular flexibility index (Phi) is 4.51. The van der Waals surface area contributed by atoms with Crippen LogP contribution in [0.25, 0.3) is 0 Å². The van der Waals surface area contributed by atoms with Gasteiger partial charge in [-0.3, -0.25) is 11.8 Å². The summed E-state index contributed by atoms with van der Waals surface area (Å²) in [6, 6.07) is -1.46. The van der Waals surface area contributed by atoms with E-state index in [1.165, 1.54) is 0 Å². The first-order chi connectivity index (χ1) is 6.54. The van der Waals surface area contributed by atoms with E-state index in [1.807, 2.05) is 11.8 Å². The molecule has 0 N–H and O–H groups in total. The van der Waals surface area contributed by atoms with Gasteiger partial charge in [-0.15, -0.1) is 35.3 Å². The summed E-state index contributed by atoms with van der Waals surface area (Å²) in [5.41, 5.74) is -0.391. The van der Waals surface area contributed by atoms with Gasteiger partial charge in [-0.25, -0.2) is 0 Å². The molecule has 0 amide bonds. The van der Waals surface area contributed by atoms with Gasteiger partial charge in [-0.1, -0.05) is 0 Å². The molecule has 0 fully saturated rings. The first-order valence-electron chi connectivity index (χ1n) is 4.50. The predicted octanol–water partition coefficient (Wildman–Crippen LogP) is 1.56. The van der Waals surface area contributed by atoms with Crippen molar-refractivity contribution in [1.29, 1.82) is 0 Å². The summed E-state index contributed by atoms with van der Waals surface area (Å²) in [7, 11) is 0. The van der Waals surface area contributed by atoms with Gasteiger partial charge < -0.3 is 12.8 Å². The minimum Gasteiger partial charge on any atom is -0.366 e. The second-order valence-electron chi connectivity index (χ2n) is 1.50. The molecule has 0 aromatic heterocycles. The molecule has 0 saturated carbocycles. The first kappa shape index (κ1) is 7.25. The predicted molar refractivity (Wildman–Crippen MR) is 38.9 cm³/mol. The molecule has 0 nitrogen and oxygen atoms in total. The second kappa shape index (κ2) is 7.47. The molecule has 0 heterocycles. The van der Waals surface area contributed by atoms with Crippen LogP contribution < -0.4 is 0 Å². The second-order valence-corrected chi connectivity index (χ2v) is 1.50. The van der Waals surface area contributed by atoms with E-state index in [4.69, 9.17) is 18.3 Å². The summed E-state index contributed by atoms with van der Waals surface area (Å²) in [4.78, 5) is 0. The van der Waals surface area contributed by atoms with E-state index in [0.29, 0.717) is 0 Å². The van der Waals surface area contributed by atoms with Crippen LogP contribution in [0, 0.1) is 24.7 Å². The Labute approximate surface area is 110 Å². The van der Waals surface area contributed by atoms with E-state index >= 15 is 0 Å². The molecule has 0 radical (unpaired) electrons. The fourth-order valence-electron chi connectivity index (χ4n) is 0.438. The Balaban J connectivity index is 0. The molecule has 0 atom stereocenters. The topological polar surface area (TPSA) is 0 Å². The maximum atomic E-state index is 7.38. The maximum absolute atomic E-state index is 7.38. The van der Waals surface area contributed by atoms with Crippen LogP contribution in [0.4, 0.5) is 0 Å². The summed E-state index contributed by atoms with van der Waals surface area (Å²) >= 11 is 0. The van der Waals surface area contributed by atoms with Crippen molar-refractivity contribution in [3.8, 4) is 11.8 Å². The van der Waals surface area contributed by atoms with Crippen molar-refractivity contribution in [1.82, 2.24) is 0 Å². The Morgan fingerprint density at radius 3 is 1.33 bits per heavy atom. The zero-order valence-corrected chi connectivity index (χ0v) is 9.94. The van der Waals surface area contributed by atoms with E-state index in [0.717, 1.165) is 0 Å². The van der Waals surface area contributed by atoms with Crippen LogP contribution in [-0.2, 0) is 44.8 Å². The summed E-state index contributed by atoms with van der Waals surface area (Å²) in [6.45, 7) is 0. The van der Waals surface area contributed by atoms with Gasteiger partial charge in [0.2, 0.25) is 0 Å².